The van der Waals surface area contributed by atoms with Crippen molar-refractivity contribution in [3.8, 4) is 0 Å². The fraction of sp³-hybridized carbons (Fsp3) is 0.562. The number of aromatic nitrogens is 4. The van der Waals surface area contributed by atoms with Gasteiger partial charge >= 0.3 is 0 Å². The second-order valence-corrected chi connectivity index (χ2v) is 6.06. The third kappa shape index (κ3) is 3.29. The maximum atomic E-state index is 12.0. The zero-order chi connectivity index (χ0) is 16.4. The Morgan fingerprint density at radius 1 is 1.48 bits per heavy atom. The first-order valence-electron chi connectivity index (χ1n) is 7.92. The lowest BCUT2D eigenvalue weighted by Crippen LogP contribution is -2.33. The maximum Gasteiger partial charge on any atom is 0.241 e. The number of ether oxygens (including phenoxy) is 1. The minimum absolute atomic E-state index is 0.00806. The highest BCUT2D eigenvalue weighted by Gasteiger charge is 2.33. The molecule has 0 saturated carbocycles. The quantitative estimate of drug-likeness (QED) is 0.897. The van der Waals surface area contributed by atoms with Crippen LogP contribution in [0.3, 0.4) is 0 Å². The minimum atomic E-state index is -0.0287. The summed E-state index contributed by atoms with van der Waals surface area (Å²) >= 11 is 0. The fourth-order valence-corrected chi connectivity index (χ4v) is 3.21. The third-order valence-electron chi connectivity index (χ3n) is 4.49. The van der Waals surface area contributed by atoms with Crippen LogP contribution in [-0.4, -0.2) is 38.6 Å². The second-order valence-electron chi connectivity index (χ2n) is 6.06. The fourth-order valence-electron chi connectivity index (χ4n) is 3.21. The lowest BCUT2D eigenvalue weighted by atomic mass is 9.94. The van der Waals surface area contributed by atoms with Gasteiger partial charge in [0.2, 0.25) is 5.91 Å². The number of hydrogen-bond acceptors (Lipinski definition) is 4. The third-order valence-corrected chi connectivity index (χ3v) is 4.49. The van der Waals surface area contributed by atoms with E-state index in [0.29, 0.717) is 6.54 Å². The van der Waals surface area contributed by atoms with Gasteiger partial charge in [-0.3, -0.25) is 14.2 Å². The Morgan fingerprint density at radius 2 is 2.30 bits per heavy atom. The van der Waals surface area contributed by atoms with E-state index in [4.69, 9.17) is 4.74 Å². The first kappa shape index (κ1) is 15.7. The van der Waals surface area contributed by atoms with E-state index in [-0.39, 0.29) is 24.5 Å². The van der Waals surface area contributed by atoms with Crippen LogP contribution in [0, 0.1) is 19.8 Å². The number of rotatable bonds is 5. The summed E-state index contributed by atoms with van der Waals surface area (Å²) in [6.45, 7) is 5.65. The van der Waals surface area contributed by atoms with Crippen molar-refractivity contribution in [2.45, 2.75) is 32.9 Å². The molecule has 1 aliphatic rings. The molecule has 0 aromatic carbocycles. The Balaban J connectivity index is 1.62. The Hall–Kier alpha value is -2.15. The van der Waals surface area contributed by atoms with Crippen molar-refractivity contribution in [1.29, 1.82) is 0 Å². The molecule has 7 heteroatoms. The van der Waals surface area contributed by atoms with E-state index in [0.717, 1.165) is 30.0 Å². The summed E-state index contributed by atoms with van der Waals surface area (Å²) in [6.07, 6.45) is 4.40. The Morgan fingerprint density at radius 3 is 2.96 bits per heavy atom. The van der Waals surface area contributed by atoms with E-state index in [1.54, 1.807) is 17.1 Å². The summed E-state index contributed by atoms with van der Waals surface area (Å²) in [5.41, 5.74) is 3.29. The van der Waals surface area contributed by atoms with Crippen molar-refractivity contribution in [3.63, 3.8) is 0 Å². The molecule has 0 spiro atoms. The molecule has 2 aromatic heterocycles. The van der Waals surface area contributed by atoms with Crippen molar-refractivity contribution >= 4 is 5.91 Å². The molecule has 124 valence electrons. The highest BCUT2D eigenvalue weighted by Crippen LogP contribution is 2.37. The molecule has 7 nitrogen and oxygen atoms in total. The summed E-state index contributed by atoms with van der Waals surface area (Å²) in [7, 11) is 1.95. The highest BCUT2D eigenvalue weighted by atomic mass is 16.5. The van der Waals surface area contributed by atoms with Gasteiger partial charge in [0.1, 0.15) is 6.54 Å². The van der Waals surface area contributed by atoms with Gasteiger partial charge in [-0.2, -0.15) is 10.2 Å². The zero-order valence-corrected chi connectivity index (χ0v) is 13.8. The molecule has 0 radical (unpaired) electrons. The Kier molecular flexibility index (Phi) is 4.47. The van der Waals surface area contributed by atoms with Crippen LogP contribution >= 0.6 is 0 Å². The average Bonchev–Trinajstić information content (AvgIpc) is 3.21. The van der Waals surface area contributed by atoms with Crippen molar-refractivity contribution in [1.82, 2.24) is 24.9 Å². The number of nitrogens with one attached hydrogen (secondary N) is 1. The standard InChI is InChI=1S/C16H23N5O2/c1-11-15(12(2)20(3)19-11)16-13(5-8-23-16)9-17-14(22)10-21-7-4-6-18-21/h4,6-7,13,16H,5,8-10H2,1-3H3,(H,17,22)/t13-,16+/m1/s1. The van der Waals surface area contributed by atoms with Crippen molar-refractivity contribution in [2.24, 2.45) is 13.0 Å². The van der Waals surface area contributed by atoms with Crippen molar-refractivity contribution in [3.05, 3.63) is 35.4 Å². The molecule has 2 aromatic rings. The lowest BCUT2D eigenvalue weighted by molar-refractivity contribution is -0.122. The molecule has 23 heavy (non-hydrogen) atoms. The van der Waals surface area contributed by atoms with Crippen LogP contribution in [0.4, 0.5) is 0 Å². The molecule has 3 rings (SSSR count). The van der Waals surface area contributed by atoms with E-state index >= 15 is 0 Å². The molecule has 1 N–H and O–H groups in total. The van der Waals surface area contributed by atoms with Crippen LogP contribution in [0.25, 0.3) is 0 Å². The van der Waals surface area contributed by atoms with Crippen LogP contribution in [0.2, 0.25) is 0 Å². The van der Waals surface area contributed by atoms with Gasteiger partial charge in [0.15, 0.2) is 0 Å². The molecule has 1 aliphatic heterocycles. The Labute approximate surface area is 135 Å². The molecule has 0 aliphatic carbocycles. The summed E-state index contributed by atoms with van der Waals surface area (Å²) in [4.78, 5) is 12.0. The van der Waals surface area contributed by atoms with Crippen LogP contribution in [-0.2, 0) is 23.1 Å². The summed E-state index contributed by atoms with van der Waals surface area (Å²) in [6, 6.07) is 1.81. The average molecular weight is 317 g/mol. The monoisotopic (exact) mass is 317 g/mol. The normalized spacial score (nSPS) is 20.8. The minimum Gasteiger partial charge on any atom is -0.373 e. The largest absolute Gasteiger partial charge is 0.373 e. The van der Waals surface area contributed by atoms with Gasteiger partial charge < -0.3 is 10.1 Å². The summed E-state index contributed by atoms with van der Waals surface area (Å²) in [5.74, 6) is 0.247. The highest BCUT2D eigenvalue weighted by molar-refractivity contribution is 5.75. The smallest absolute Gasteiger partial charge is 0.241 e. The number of carbonyl (C=O) groups excluding carboxylic acids is 1. The zero-order valence-electron chi connectivity index (χ0n) is 13.8. The van der Waals surface area contributed by atoms with Gasteiger partial charge in [-0.15, -0.1) is 0 Å². The number of nitrogens with zero attached hydrogens (tertiary/aromatic N) is 4. The molecule has 3 heterocycles. The van der Waals surface area contributed by atoms with E-state index in [1.807, 2.05) is 24.7 Å². The van der Waals surface area contributed by atoms with Gasteiger partial charge in [-0.25, -0.2) is 0 Å². The number of amides is 1. The molecule has 1 fully saturated rings. The molecule has 0 bridgehead atoms. The van der Waals surface area contributed by atoms with Gasteiger partial charge in [-0.05, 0) is 26.3 Å². The predicted molar refractivity (Wildman–Crippen MR) is 84.7 cm³/mol. The van der Waals surface area contributed by atoms with Gasteiger partial charge in [-0.1, -0.05) is 0 Å². The van der Waals surface area contributed by atoms with E-state index in [9.17, 15) is 4.79 Å². The first-order valence-corrected chi connectivity index (χ1v) is 7.92. The lowest BCUT2D eigenvalue weighted by Gasteiger charge is -2.20. The number of carbonyl (C=O) groups is 1. The first-order chi connectivity index (χ1) is 11.1. The van der Waals surface area contributed by atoms with Gasteiger partial charge in [0.05, 0.1) is 11.8 Å². The maximum absolute atomic E-state index is 12.0. The van der Waals surface area contributed by atoms with E-state index in [2.05, 4.69) is 22.4 Å². The van der Waals surface area contributed by atoms with Crippen LogP contribution in [0.5, 0.6) is 0 Å². The van der Waals surface area contributed by atoms with Crippen molar-refractivity contribution in [2.75, 3.05) is 13.2 Å². The topological polar surface area (TPSA) is 74.0 Å². The molecular formula is C16H23N5O2. The molecule has 2 atom stereocenters. The number of hydrogen-bond donors (Lipinski definition) is 1. The van der Waals surface area contributed by atoms with Crippen LogP contribution in [0.15, 0.2) is 18.5 Å². The summed E-state index contributed by atoms with van der Waals surface area (Å²) < 4.78 is 9.45. The summed E-state index contributed by atoms with van der Waals surface area (Å²) in [5, 5.41) is 11.5. The molecular weight excluding hydrogens is 294 g/mol. The van der Waals surface area contributed by atoms with Crippen LogP contribution < -0.4 is 5.32 Å². The van der Waals surface area contributed by atoms with Gasteiger partial charge in [0.25, 0.3) is 0 Å². The van der Waals surface area contributed by atoms with Gasteiger partial charge in [0, 0.05) is 49.8 Å². The SMILES string of the molecule is Cc1nn(C)c(C)c1[C@H]1OCC[C@@H]1CNC(=O)Cn1cccn1. The molecule has 0 unspecified atom stereocenters. The van der Waals surface area contributed by atoms with E-state index < -0.39 is 0 Å². The van der Waals surface area contributed by atoms with Crippen LogP contribution in [0.1, 0.15) is 29.5 Å². The predicted octanol–water partition coefficient (Wildman–Crippen LogP) is 1.13. The molecule has 1 saturated heterocycles. The Bertz CT molecular complexity index is 677. The molecule has 1 amide bonds. The number of aryl methyl sites for hydroxylation is 2. The van der Waals surface area contributed by atoms with Crippen molar-refractivity contribution < 1.29 is 9.53 Å². The van der Waals surface area contributed by atoms with E-state index in [1.165, 1.54) is 0 Å². The second kappa shape index (κ2) is 6.54.